The van der Waals surface area contributed by atoms with Crippen molar-refractivity contribution in [1.82, 2.24) is 0 Å². The van der Waals surface area contributed by atoms with Crippen molar-refractivity contribution >= 4 is 0 Å². The minimum absolute atomic E-state index is 0.167. The molecule has 0 bridgehead atoms. The van der Waals surface area contributed by atoms with Crippen LogP contribution in [-0.4, -0.2) is 18.2 Å². The van der Waals surface area contributed by atoms with Gasteiger partial charge in [-0.1, -0.05) is 6.08 Å². The molecule has 12 heavy (non-hydrogen) atoms. The quantitative estimate of drug-likeness (QED) is 0.654. The van der Waals surface area contributed by atoms with E-state index in [9.17, 15) is 0 Å². The van der Waals surface area contributed by atoms with Gasteiger partial charge in [-0.3, -0.25) is 0 Å². The van der Waals surface area contributed by atoms with E-state index in [1.165, 1.54) is 6.42 Å². The zero-order valence-corrected chi connectivity index (χ0v) is 7.83. The summed E-state index contributed by atoms with van der Waals surface area (Å²) in [4.78, 5) is 0. The van der Waals surface area contributed by atoms with Crippen LogP contribution in [0.5, 0.6) is 0 Å². The largest absolute Gasteiger partial charge is 0.371 e. The number of hydrogen-bond acceptors (Lipinski definition) is 2. The Hall–Kier alpha value is -0.340. The molecule has 0 spiro atoms. The second kappa shape index (κ2) is 4.63. The van der Waals surface area contributed by atoms with Gasteiger partial charge in [-0.25, -0.2) is 0 Å². The van der Waals surface area contributed by atoms with E-state index in [-0.39, 0.29) is 6.10 Å². The van der Waals surface area contributed by atoms with Crippen LogP contribution in [0.15, 0.2) is 12.7 Å². The Morgan fingerprint density at radius 1 is 1.58 bits per heavy atom. The summed E-state index contributed by atoms with van der Waals surface area (Å²) in [5.41, 5.74) is 5.84. The molecule has 1 saturated carbocycles. The zero-order valence-electron chi connectivity index (χ0n) is 7.83. The Balaban J connectivity index is 2.26. The van der Waals surface area contributed by atoms with E-state index < -0.39 is 0 Å². The molecule has 70 valence electrons. The van der Waals surface area contributed by atoms with Crippen molar-refractivity contribution in [1.29, 1.82) is 0 Å². The molecule has 3 atom stereocenters. The molecule has 1 aliphatic carbocycles. The van der Waals surface area contributed by atoms with E-state index in [1.54, 1.807) is 0 Å². The molecular weight excluding hydrogens is 150 g/mol. The van der Waals surface area contributed by atoms with Crippen molar-refractivity contribution in [2.45, 2.75) is 50.9 Å². The summed E-state index contributed by atoms with van der Waals surface area (Å²) in [7, 11) is 0. The SMILES string of the molecule is C=CC(C)OC1CCCC(N)C1. The minimum atomic E-state index is 0.167. The van der Waals surface area contributed by atoms with Crippen molar-refractivity contribution in [2.75, 3.05) is 0 Å². The average molecular weight is 169 g/mol. The van der Waals surface area contributed by atoms with E-state index >= 15 is 0 Å². The number of hydrogen-bond donors (Lipinski definition) is 1. The van der Waals surface area contributed by atoms with Crippen LogP contribution in [0.25, 0.3) is 0 Å². The first-order valence-corrected chi connectivity index (χ1v) is 4.76. The first-order valence-electron chi connectivity index (χ1n) is 4.76. The Kier molecular flexibility index (Phi) is 3.76. The van der Waals surface area contributed by atoms with Gasteiger partial charge in [0.2, 0.25) is 0 Å². The predicted octanol–water partition coefficient (Wildman–Crippen LogP) is 1.85. The van der Waals surface area contributed by atoms with Crippen LogP contribution in [0, 0.1) is 0 Å². The molecule has 2 nitrogen and oxygen atoms in total. The summed E-state index contributed by atoms with van der Waals surface area (Å²) in [6.07, 6.45) is 6.89. The fourth-order valence-electron chi connectivity index (χ4n) is 1.66. The van der Waals surface area contributed by atoms with Crippen molar-refractivity contribution < 1.29 is 4.74 Å². The lowest BCUT2D eigenvalue weighted by Crippen LogP contribution is -2.33. The van der Waals surface area contributed by atoms with Crippen LogP contribution < -0.4 is 5.73 Å². The Labute approximate surface area is 74.8 Å². The smallest absolute Gasteiger partial charge is 0.0728 e. The van der Waals surface area contributed by atoms with Crippen LogP contribution in [0.3, 0.4) is 0 Å². The molecule has 0 aliphatic heterocycles. The summed E-state index contributed by atoms with van der Waals surface area (Å²) in [5, 5.41) is 0. The van der Waals surface area contributed by atoms with Gasteiger partial charge in [0.1, 0.15) is 0 Å². The van der Waals surface area contributed by atoms with Crippen LogP contribution in [-0.2, 0) is 4.74 Å². The summed E-state index contributed by atoms with van der Waals surface area (Å²) in [6.45, 7) is 5.71. The normalized spacial score (nSPS) is 32.8. The van der Waals surface area contributed by atoms with Gasteiger partial charge in [0.15, 0.2) is 0 Å². The molecular formula is C10H19NO. The molecule has 0 amide bonds. The molecule has 2 N–H and O–H groups in total. The van der Waals surface area contributed by atoms with Gasteiger partial charge in [-0.2, -0.15) is 0 Å². The van der Waals surface area contributed by atoms with Gasteiger partial charge < -0.3 is 10.5 Å². The van der Waals surface area contributed by atoms with Crippen molar-refractivity contribution in [3.8, 4) is 0 Å². The summed E-state index contributed by atoms with van der Waals surface area (Å²) in [5.74, 6) is 0. The van der Waals surface area contributed by atoms with E-state index in [4.69, 9.17) is 10.5 Å². The maximum Gasteiger partial charge on any atom is 0.0728 e. The summed E-state index contributed by atoms with van der Waals surface area (Å²) >= 11 is 0. The summed E-state index contributed by atoms with van der Waals surface area (Å²) in [6, 6.07) is 0.348. The number of nitrogens with two attached hydrogens (primary N) is 1. The molecule has 0 aromatic heterocycles. The fraction of sp³-hybridized carbons (Fsp3) is 0.800. The molecule has 1 aliphatic rings. The molecule has 0 heterocycles. The summed E-state index contributed by atoms with van der Waals surface area (Å²) < 4.78 is 5.71. The monoisotopic (exact) mass is 169 g/mol. The van der Waals surface area contributed by atoms with Crippen LogP contribution in [0.2, 0.25) is 0 Å². The van der Waals surface area contributed by atoms with Crippen molar-refractivity contribution in [3.05, 3.63) is 12.7 Å². The maximum atomic E-state index is 5.84. The molecule has 1 fully saturated rings. The predicted molar refractivity (Wildman–Crippen MR) is 51.0 cm³/mol. The molecule has 0 aromatic carbocycles. The van der Waals surface area contributed by atoms with Crippen molar-refractivity contribution in [2.24, 2.45) is 5.73 Å². The highest BCUT2D eigenvalue weighted by atomic mass is 16.5. The Bertz CT molecular complexity index is 147. The van der Waals surface area contributed by atoms with Gasteiger partial charge in [0.05, 0.1) is 12.2 Å². The van der Waals surface area contributed by atoms with E-state index in [0.29, 0.717) is 12.1 Å². The van der Waals surface area contributed by atoms with Gasteiger partial charge in [-0.05, 0) is 32.6 Å². The second-order valence-corrected chi connectivity index (χ2v) is 3.63. The second-order valence-electron chi connectivity index (χ2n) is 3.63. The van der Waals surface area contributed by atoms with Crippen LogP contribution in [0.4, 0.5) is 0 Å². The maximum absolute atomic E-state index is 5.84. The van der Waals surface area contributed by atoms with E-state index in [2.05, 4.69) is 6.58 Å². The highest BCUT2D eigenvalue weighted by Gasteiger charge is 2.20. The van der Waals surface area contributed by atoms with Gasteiger partial charge in [-0.15, -0.1) is 6.58 Å². The molecule has 2 heteroatoms. The average Bonchev–Trinajstić information content (AvgIpc) is 2.04. The molecule has 1 rings (SSSR count). The third-order valence-electron chi connectivity index (χ3n) is 2.41. The molecule has 0 aromatic rings. The fourth-order valence-corrected chi connectivity index (χ4v) is 1.66. The lowest BCUT2D eigenvalue weighted by molar-refractivity contribution is -0.00260. The first kappa shape index (κ1) is 9.75. The topological polar surface area (TPSA) is 35.2 Å². The molecule has 3 unspecified atom stereocenters. The number of rotatable bonds is 3. The minimum Gasteiger partial charge on any atom is -0.371 e. The molecule has 0 saturated heterocycles. The first-order chi connectivity index (χ1) is 5.72. The Morgan fingerprint density at radius 2 is 2.33 bits per heavy atom. The van der Waals surface area contributed by atoms with Crippen LogP contribution in [0.1, 0.15) is 32.6 Å². The van der Waals surface area contributed by atoms with Gasteiger partial charge in [0.25, 0.3) is 0 Å². The lowest BCUT2D eigenvalue weighted by Gasteiger charge is -2.28. The van der Waals surface area contributed by atoms with Crippen molar-refractivity contribution in [3.63, 3.8) is 0 Å². The third kappa shape index (κ3) is 2.95. The Morgan fingerprint density at radius 3 is 2.92 bits per heavy atom. The highest BCUT2D eigenvalue weighted by Crippen LogP contribution is 2.20. The van der Waals surface area contributed by atoms with Gasteiger partial charge in [0, 0.05) is 6.04 Å². The van der Waals surface area contributed by atoms with Gasteiger partial charge >= 0.3 is 0 Å². The standard InChI is InChI=1S/C10H19NO/c1-3-8(2)12-10-6-4-5-9(11)7-10/h3,8-10H,1,4-7,11H2,2H3. The van der Waals surface area contributed by atoms with Crippen LogP contribution >= 0.6 is 0 Å². The molecule has 0 radical (unpaired) electrons. The third-order valence-corrected chi connectivity index (χ3v) is 2.41. The highest BCUT2D eigenvalue weighted by molar-refractivity contribution is 4.80. The van der Waals surface area contributed by atoms with E-state index in [0.717, 1.165) is 19.3 Å². The number of ether oxygens (including phenoxy) is 1. The lowest BCUT2D eigenvalue weighted by atomic mass is 9.93. The zero-order chi connectivity index (χ0) is 8.97. The van der Waals surface area contributed by atoms with E-state index in [1.807, 2.05) is 13.0 Å².